The van der Waals surface area contributed by atoms with Crippen LogP contribution >= 0.6 is 11.3 Å². The van der Waals surface area contributed by atoms with E-state index in [1.165, 1.54) is 11.2 Å². The van der Waals surface area contributed by atoms with Gasteiger partial charge < -0.3 is 5.32 Å². The van der Waals surface area contributed by atoms with Crippen LogP contribution in [0.25, 0.3) is 0 Å². The molecular formula is C10H15N3O3S2. The van der Waals surface area contributed by atoms with Crippen LogP contribution in [0.3, 0.4) is 0 Å². The average Bonchev–Trinajstić information content (AvgIpc) is 2.86. The van der Waals surface area contributed by atoms with Crippen LogP contribution in [0, 0.1) is 6.92 Å². The minimum Gasteiger partial charge on any atom is -0.302 e. The lowest BCUT2D eigenvalue weighted by Crippen LogP contribution is -2.27. The number of anilines is 1. The van der Waals surface area contributed by atoms with Crippen molar-refractivity contribution in [1.82, 2.24) is 9.29 Å². The molecule has 1 saturated heterocycles. The van der Waals surface area contributed by atoms with Crippen molar-refractivity contribution < 1.29 is 13.2 Å². The van der Waals surface area contributed by atoms with Crippen molar-refractivity contribution in [2.24, 2.45) is 0 Å². The van der Waals surface area contributed by atoms with Gasteiger partial charge in [-0.2, -0.15) is 4.31 Å². The van der Waals surface area contributed by atoms with Gasteiger partial charge in [-0.3, -0.25) is 4.79 Å². The molecule has 0 saturated carbocycles. The van der Waals surface area contributed by atoms with E-state index in [4.69, 9.17) is 0 Å². The molecule has 0 aromatic carbocycles. The van der Waals surface area contributed by atoms with Crippen LogP contribution in [0.2, 0.25) is 0 Å². The predicted octanol–water partition coefficient (Wildman–Crippen LogP) is 1.19. The number of hydrogen-bond donors (Lipinski definition) is 1. The number of aryl methyl sites for hydroxylation is 1. The summed E-state index contributed by atoms with van der Waals surface area (Å²) in [6, 6.07) is 0. The highest BCUT2D eigenvalue weighted by Gasteiger charge is 2.31. The van der Waals surface area contributed by atoms with Gasteiger partial charge in [0.2, 0.25) is 5.91 Å². The Kier molecular flexibility index (Phi) is 3.69. The van der Waals surface area contributed by atoms with E-state index in [0.29, 0.717) is 23.9 Å². The van der Waals surface area contributed by atoms with Gasteiger partial charge in [0, 0.05) is 20.0 Å². The Labute approximate surface area is 110 Å². The molecule has 6 nitrogen and oxygen atoms in total. The highest BCUT2D eigenvalue weighted by atomic mass is 32.2. The van der Waals surface area contributed by atoms with Crippen molar-refractivity contribution in [3.05, 3.63) is 5.69 Å². The number of carbonyl (C=O) groups excluding carboxylic acids is 1. The molecule has 1 aliphatic rings. The molecule has 0 unspecified atom stereocenters. The lowest BCUT2D eigenvalue weighted by molar-refractivity contribution is -0.114. The van der Waals surface area contributed by atoms with E-state index in [1.54, 1.807) is 6.92 Å². The molecule has 0 spiro atoms. The summed E-state index contributed by atoms with van der Waals surface area (Å²) in [6.45, 7) is 4.14. The number of amides is 1. The van der Waals surface area contributed by atoms with Gasteiger partial charge in [-0.1, -0.05) is 11.3 Å². The van der Waals surface area contributed by atoms with Gasteiger partial charge >= 0.3 is 0 Å². The zero-order valence-electron chi connectivity index (χ0n) is 10.3. The number of nitrogens with zero attached hydrogens (tertiary/aromatic N) is 2. The maximum atomic E-state index is 12.3. The molecule has 8 heteroatoms. The Balaban J connectivity index is 2.32. The summed E-state index contributed by atoms with van der Waals surface area (Å²) >= 11 is 1.01. The van der Waals surface area contributed by atoms with Gasteiger partial charge in [0.1, 0.15) is 0 Å². The normalized spacial score (nSPS) is 17.0. The SMILES string of the molecule is CC(=O)Nc1nc(C)c(S(=O)(=O)N2CCCC2)s1. The van der Waals surface area contributed by atoms with Crippen molar-refractivity contribution in [1.29, 1.82) is 0 Å². The summed E-state index contributed by atoms with van der Waals surface area (Å²) in [5.41, 5.74) is 0.440. The molecule has 1 aromatic rings. The molecule has 100 valence electrons. The molecule has 1 fully saturated rings. The van der Waals surface area contributed by atoms with Crippen molar-refractivity contribution >= 4 is 32.4 Å². The van der Waals surface area contributed by atoms with Crippen LogP contribution in [0.4, 0.5) is 5.13 Å². The minimum atomic E-state index is -3.45. The maximum absolute atomic E-state index is 12.3. The number of sulfonamides is 1. The Morgan fingerprint density at radius 3 is 2.56 bits per heavy atom. The van der Waals surface area contributed by atoms with E-state index in [-0.39, 0.29) is 10.1 Å². The fourth-order valence-corrected chi connectivity index (χ4v) is 4.98. The van der Waals surface area contributed by atoms with Crippen LogP contribution in [0.5, 0.6) is 0 Å². The second-order valence-electron chi connectivity index (χ2n) is 4.18. The lowest BCUT2D eigenvalue weighted by atomic mass is 10.4. The lowest BCUT2D eigenvalue weighted by Gasteiger charge is -2.13. The first-order chi connectivity index (χ1) is 8.41. The van der Waals surface area contributed by atoms with Gasteiger partial charge in [-0.25, -0.2) is 13.4 Å². The monoisotopic (exact) mass is 289 g/mol. The summed E-state index contributed by atoms with van der Waals surface area (Å²) < 4.78 is 26.4. The van der Waals surface area contributed by atoms with Gasteiger partial charge in [0.05, 0.1) is 5.69 Å². The van der Waals surface area contributed by atoms with Crippen LogP contribution in [-0.2, 0) is 14.8 Å². The first kappa shape index (κ1) is 13.4. The topological polar surface area (TPSA) is 79.4 Å². The van der Waals surface area contributed by atoms with Crippen LogP contribution in [0.15, 0.2) is 4.21 Å². The first-order valence-electron chi connectivity index (χ1n) is 5.66. The standard InChI is InChI=1S/C10H15N3O3S2/c1-7-9(17-10(11-7)12-8(2)14)18(15,16)13-5-3-4-6-13/h3-6H2,1-2H3,(H,11,12,14). The highest BCUT2D eigenvalue weighted by Crippen LogP contribution is 2.31. The maximum Gasteiger partial charge on any atom is 0.254 e. The van der Waals surface area contributed by atoms with E-state index in [2.05, 4.69) is 10.3 Å². The Morgan fingerprint density at radius 1 is 1.39 bits per heavy atom. The molecule has 1 N–H and O–H groups in total. The van der Waals surface area contributed by atoms with E-state index in [1.807, 2.05) is 0 Å². The highest BCUT2D eigenvalue weighted by molar-refractivity contribution is 7.91. The number of rotatable bonds is 3. The molecule has 0 bridgehead atoms. The van der Waals surface area contributed by atoms with E-state index in [9.17, 15) is 13.2 Å². The van der Waals surface area contributed by atoms with Crippen LogP contribution in [0.1, 0.15) is 25.5 Å². The molecule has 18 heavy (non-hydrogen) atoms. The molecule has 2 rings (SSSR count). The Morgan fingerprint density at radius 2 is 2.00 bits per heavy atom. The molecule has 0 radical (unpaired) electrons. The van der Waals surface area contributed by atoms with Gasteiger partial charge in [0.25, 0.3) is 10.0 Å². The summed E-state index contributed by atoms with van der Waals surface area (Å²) in [4.78, 5) is 15.0. The number of aromatic nitrogens is 1. The predicted molar refractivity (Wildman–Crippen MR) is 69.1 cm³/mol. The summed E-state index contributed by atoms with van der Waals surface area (Å²) in [7, 11) is -3.45. The molecule has 1 amide bonds. The van der Waals surface area contributed by atoms with E-state index >= 15 is 0 Å². The van der Waals surface area contributed by atoms with Crippen molar-refractivity contribution in [2.45, 2.75) is 30.9 Å². The number of carbonyl (C=O) groups is 1. The molecule has 0 atom stereocenters. The zero-order chi connectivity index (χ0) is 13.3. The first-order valence-corrected chi connectivity index (χ1v) is 7.92. The van der Waals surface area contributed by atoms with Gasteiger partial charge in [-0.15, -0.1) is 0 Å². The largest absolute Gasteiger partial charge is 0.302 e. The van der Waals surface area contributed by atoms with Crippen LogP contribution in [-0.4, -0.2) is 36.7 Å². The quantitative estimate of drug-likeness (QED) is 0.906. The van der Waals surface area contributed by atoms with Gasteiger partial charge in [-0.05, 0) is 19.8 Å². The molecule has 2 heterocycles. The third kappa shape index (κ3) is 2.55. The molecule has 1 aliphatic heterocycles. The third-order valence-electron chi connectivity index (χ3n) is 2.68. The van der Waals surface area contributed by atoms with Crippen molar-refractivity contribution in [2.75, 3.05) is 18.4 Å². The second kappa shape index (κ2) is 4.94. The third-order valence-corrected chi connectivity index (χ3v) is 6.23. The fourth-order valence-electron chi connectivity index (χ4n) is 1.87. The molecule has 0 aliphatic carbocycles. The average molecular weight is 289 g/mol. The smallest absolute Gasteiger partial charge is 0.254 e. The number of nitrogens with one attached hydrogen (secondary N) is 1. The van der Waals surface area contributed by atoms with E-state index in [0.717, 1.165) is 24.2 Å². The van der Waals surface area contributed by atoms with Crippen LogP contribution < -0.4 is 5.32 Å². The summed E-state index contributed by atoms with van der Waals surface area (Å²) in [5, 5.41) is 2.85. The summed E-state index contributed by atoms with van der Waals surface area (Å²) in [5.74, 6) is -0.256. The zero-order valence-corrected chi connectivity index (χ0v) is 11.9. The Hall–Kier alpha value is -0.990. The second-order valence-corrected chi connectivity index (χ2v) is 7.32. The van der Waals surface area contributed by atoms with Crippen molar-refractivity contribution in [3.8, 4) is 0 Å². The fraction of sp³-hybridized carbons (Fsp3) is 0.600. The molecule has 1 aromatic heterocycles. The number of thiazole rings is 1. The molecular weight excluding hydrogens is 274 g/mol. The summed E-state index contributed by atoms with van der Waals surface area (Å²) in [6.07, 6.45) is 1.80. The number of hydrogen-bond acceptors (Lipinski definition) is 5. The van der Waals surface area contributed by atoms with Gasteiger partial charge in [0.15, 0.2) is 9.34 Å². The van der Waals surface area contributed by atoms with E-state index < -0.39 is 10.0 Å². The van der Waals surface area contributed by atoms with Crippen molar-refractivity contribution in [3.63, 3.8) is 0 Å². The minimum absolute atomic E-state index is 0.230. The Bertz CT molecular complexity index is 559.